The molecule has 5 nitrogen and oxygen atoms in total. The largest absolute Gasteiger partial charge is 0.496 e. The fraction of sp³-hybridized carbons (Fsp3) is 0.333. The molecule has 3 heterocycles. The monoisotopic (exact) mass is 349 g/mol. The molecular weight excluding hydrogens is 326 g/mol. The summed E-state index contributed by atoms with van der Waals surface area (Å²) >= 11 is 0. The molecule has 0 aliphatic carbocycles. The van der Waals surface area contributed by atoms with Crippen LogP contribution in [0.1, 0.15) is 40.2 Å². The molecule has 1 aliphatic heterocycles. The van der Waals surface area contributed by atoms with E-state index in [-0.39, 0.29) is 5.91 Å². The van der Waals surface area contributed by atoms with Gasteiger partial charge in [0.1, 0.15) is 5.75 Å². The van der Waals surface area contributed by atoms with Crippen LogP contribution >= 0.6 is 0 Å². The van der Waals surface area contributed by atoms with E-state index in [1.807, 2.05) is 42.3 Å². The van der Waals surface area contributed by atoms with E-state index in [4.69, 9.17) is 4.74 Å². The summed E-state index contributed by atoms with van der Waals surface area (Å²) in [7, 11) is 1.61. The SMILES string of the molecule is COc1ccc(C)cc1C(=O)N1CCC(c2c[nH]c3cccnc23)CC1. The number of likely N-dealkylation sites (tertiary alicyclic amines) is 1. The number of nitrogens with zero attached hydrogens (tertiary/aromatic N) is 2. The first-order valence-corrected chi connectivity index (χ1v) is 9.03. The minimum absolute atomic E-state index is 0.0565. The highest BCUT2D eigenvalue weighted by molar-refractivity contribution is 5.97. The quantitative estimate of drug-likeness (QED) is 0.780. The maximum atomic E-state index is 13.0. The second-order valence-corrected chi connectivity index (χ2v) is 6.91. The normalized spacial score (nSPS) is 15.4. The van der Waals surface area contributed by atoms with Crippen LogP contribution in [0.3, 0.4) is 0 Å². The van der Waals surface area contributed by atoms with Gasteiger partial charge in [0.2, 0.25) is 0 Å². The fourth-order valence-electron chi connectivity index (χ4n) is 3.84. The fourth-order valence-corrected chi connectivity index (χ4v) is 3.84. The number of benzene rings is 1. The van der Waals surface area contributed by atoms with Crippen LogP contribution in [0.4, 0.5) is 0 Å². The Labute approximate surface area is 153 Å². The van der Waals surface area contributed by atoms with E-state index in [2.05, 4.69) is 22.2 Å². The minimum Gasteiger partial charge on any atom is -0.496 e. The Morgan fingerprint density at radius 1 is 1.27 bits per heavy atom. The number of aromatic nitrogens is 2. The van der Waals surface area contributed by atoms with Gasteiger partial charge in [-0.1, -0.05) is 11.6 Å². The molecule has 1 N–H and O–H groups in total. The molecule has 0 bridgehead atoms. The van der Waals surface area contributed by atoms with Crippen molar-refractivity contribution in [3.63, 3.8) is 0 Å². The Morgan fingerprint density at radius 3 is 2.85 bits per heavy atom. The van der Waals surface area contributed by atoms with E-state index in [1.165, 1.54) is 5.56 Å². The summed E-state index contributed by atoms with van der Waals surface area (Å²) in [5.41, 5.74) is 5.11. The lowest BCUT2D eigenvalue weighted by atomic mass is 9.90. The van der Waals surface area contributed by atoms with Gasteiger partial charge in [-0.3, -0.25) is 9.78 Å². The van der Waals surface area contributed by atoms with Crippen LogP contribution < -0.4 is 4.74 Å². The zero-order valence-corrected chi connectivity index (χ0v) is 15.2. The first kappa shape index (κ1) is 16.6. The third kappa shape index (κ3) is 2.94. The minimum atomic E-state index is 0.0565. The summed E-state index contributed by atoms with van der Waals surface area (Å²) < 4.78 is 5.38. The summed E-state index contributed by atoms with van der Waals surface area (Å²) in [5, 5.41) is 0. The molecule has 1 amide bonds. The predicted octanol–water partition coefficient (Wildman–Crippen LogP) is 3.90. The van der Waals surface area contributed by atoms with Crippen molar-refractivity contribution < 1.29 is 9.53 Å². The van der Waals surface area contributed by atoms with Gasteiger partial charge < -0.3 is 14.6 Å². The number of piperidine rings is 1. The average Bonchev–Trinajstić information content (AvgIpc) is 3.11. The van der Waals surface area contributed by atoms with Gasteiger partial charge in [-0.2, -0.15) is 0 Å². The Hall–Kier alpha value is -2.82. The van der Waals surface area contributed by atoms with Crippen LogP contribution in [0, 0.1) is 6.92 Å². The highest BCUT2D eigenvalue weighted by Crippen LogP contribution is 2.33. The number of hydrogen-bond donors (Lipinski definition) is 1. The summed E-state index contributed by atoms with van der Waals surface area (Å²) in [5.74, 6) is 1.13. The summed E-state index contributed by atoms with van der Waals surface area (Å²) in [4.78, 5) is 22.7. The molecule has 26 heavy (non-hydrogen) atoms. The maximum Gasteiger partial charge on any atom is 0.257 e. The number of aromatic amines is 1. The van der Waals surface area contributed by atoms with E-state index >= 15 is 0 Å². The van der Waals surface area contributed by atoms with Gasteiger partial charge in [0.25, 0.3) is 5.91 Å². The number of rotatable bonds is 3. The van der Waals surface area contributed by atoms with Crippen molar-refractivity contribution in [3.8, 4) is 5.75 Å². The molecule has 4 rings (SSSR count). The van der Waals surface area contributed by atoms with Crippen LogP contribution in [-0.4, -0.2) is 41.0 Å². The number of nitrogens with one attached hydrogen (secondary N) is 1. The van der Waals surface area contributed by atoms with Crippen molar-refractivity contribution in [1.82, 2.24) is 14.9 Å². The lowest BCUT2D eigenvalue weighted by Gasteiger charge is -2.32. The van der Waals surface area contributed by atoms with Gasteiger partial charge in [-0.25, -0.2) is 0 Å². The Bertz CT molecular complexity index is 939. The zero-order chi connectivity index (χ0) is 18.1. The summed E-state index contributed by atoms with van der Waals surface area (Å²) in [6.45, 7) is 3.49. The van der Waals surface area contributed by atoms with E-state index in [9.17, 15) is 4.79 Å². The molecule has 1 saturated heterocycles. The first-order valence-electron chi connectivity index (χ1n) is 9.03. The van der Waals surface area contributed by atoms with Gasteiger partial charge in [0.15, 0.2) is 0 Å². The van der Waals surface area contributed by atoms with Crippen LogP contribution in [0.2, 0.25) is 0 Å². The molecule has 1 aliphatic rings. The van der Waals surface area contributed by atoms with Crippen molar-refractivity contribution in [2.45, 2.75) is 25.7 Å². The van der Waals surface area contributed by atoms with Crippen molar-refractivity contribution in [3.05, 3.63) is 59.4 Å². The second kappa shape index (κ2) is 6.83. The molecule has 5 heteroatoms. The van der Waals surface area contributed by atoms with Gasteiger partial charge in [0, 0.05) is 25.5 Å². The first-order chi connectivity index (χ1) is 12.7. The van der Waals surface area contributed by atoms with Crippen LogP contribution in [0.5, 0.6) is 5.75 Å². The number of hydrogen-bond acceptors (Lipinski definition) is 3. The smallest absolute Gasteiger partial charge is 0.257 e. The van der Waals surface area contributed by atoms with Crippen LogP contribution in [0.25, 0.3) is 11.0 Å². The third-order valence-corrected chi connectivity index (χ3v) is 5.27. The molecule has 0 spiro atoms. The highest BCUT2D eigenvalue weighted by Gasteiger charge is 2.27. The number of methoxy groups -OCH3 is 1. The number of aryl methyl sites for hydroxylation is 1. The molecule has 2 aromatic heterocycles. The Morgan fingerprint density at radius 2 is 2.08 bits per heavy atom. The highest BCUT2D eigenvalue weighted by atomic mass is 16.5. The van der Waals surface area contributed by atoms with Crippen molar-refractivity contribution in [1.29, 1.82) is 0 Å². The lowest BCUT2D eigenvalue weighted by molar-refractivity contribution is 0.0710. The van der Waals surface area contributed by atoms with Gasteiger partial charge in [0.05, 0.1) is 23.7 Å². The number of fused-ring (bicyclic) bond motifs is 1. The number of pyridine rings is 1. The molecular formula is C21H23N3O2. The lowest BCUT2D eigenvalue weighted by Crippen LogP contribution is -2.38. The van der Waals surface area contributed by atoms with Crippen LogP contribution in [-0.2, 0) is 0 Å². The molecule has 0 unspecified atom stereocenters. The standard InChI is InChI=1S/C21H23N3O2/c1-14-5-6-19(26-2)16(12-14)21(25)24-10-7-15(8-11-24)17-13-23-18-4-3-9-22-20(17)18/h3-6,9,12-13,15,23H,7-8,10-11H2,1-2H3. The van der Waals surface area contributed by atoms with E-state index in [0.717, 1.165) is 42.5 Å². The Balaban J connectivity index is 1.50. The second-order valence-electron chi connectivity index (χ2n) is 6.91. The van der Waals surface area contributed by atoms with Crippen LogP contribution in [0.15, 0.2) is 42.7 Å². The molecule has 0 radical (unpaired) electrons. The summed E-state index contributed by atoms with van der Waals surface area (Å²) in [6.07, 6.45) is 5.80. The van der Waals surface area contributed by atoms with Crippen molar-refractivity contribution in [2.75, 3.05) is 20.2 Å². The summed E-state index contributed by atoms with van der Waals surface area (Å²) in [6, 6.07) is 9.74. The number of carbonyl (C=O) groups excluding carboxylic acids is 1. The van der Waals surface area contributed by atoms with E-state index in [1.54, 1.807) is 7.11 Å². The molecule has 1 aromatic carbocycles. The zero-order valence-electron chi connectivity index (χ0n) is 15.2. The van der Waals surface area contributed by atoms with Crippen molar-refractivity contribution >= 4 is 16.9 Å². The number of H-pyrrole nitrogens is 1. The van der Waals surface area contributed by atoms with Gasteiger partial charge in [-0.15, -0.1) is 0 Å². The average molecular weight is 349 g/mol. The van der Waals surface area contributed by atoms with Gasteiger partial charge in [-0.05, 0) is 55.5 Å². The molecule has 1 fully saturated rings. The molecule has 0 atom stereocenters. The molecule has 0 saturated carbocycles. The number of carbonyl (C=O) groups is 1. The topological polar surface area (TPSA) is 58.2 Å². The van der Waals surface area contributed by atoms with E-state index in [0.29, 0.717) is 17.2 Å². The van der Waals surface area contributed by atoms with Gasteiger partial charge >= 0.3 is 0 Å². The molecule has 3 aromatic rings. The maximum absolute atomic E-state index is 13.0. The predicted molar refractivity (Wildman–Crippen MR) is 102 cm³/mol. The van der Waals surface area contributed by atoms with Crippen molar-refractivity contribution in [2.24, 2.45) is 0 Å². The number of ether oxygens (including phenoxy) is 1. The van der Waals surface area contributed by atoms with E-state index < -0.39 is 0 Å². The number of amides is 1. The Kier molecular flexibility index (Phi) is 4.37. The molecule has 134 valence electrons. The third-order valence-electron chi connectivity index (χ3n) is 5.27.